The van der Waals surface area contributed by atoms with Gasteiger partial charge in [-0.05, 0) is 25.8 Å². The second-order valence-corrected chi connectivity index (χ2v) is 5.35. The molecule has 5 nitrogen and oxygen atoms in total. The van der Waals surface area contributed by atoms with E-state index in [1.165, 1.54) is 13.0 Å². The summed E-state index contributed by atoms with van der Waals surface area (Å²) < 4.78 is 0. The molecule has 1 aromatic rings. The molecule has 0 spiro atoms. The molecule has 104 valence electrons. The van der Waals surface area contributed by atoms with Crippen molar-refractivity contribution in [2.75, 3.05) is 25.0 Å². The molecule has 6 heteroatoms. The van der Waals surface area contributed by atoms with Crippen LogP contribution in [0.15, 0.2) is 12.4 Å². The SMILES string of the molecule is CCCN1CCC(Nc2cnc(C(N)=S)cn2)CC1. The summed E-state index contributed by atoms with van der Waals surface area (Å²) in [5.41, 5.74) is 6.06. The van der Waals surface area contributed by atoms with E-state index in [1.54, 1.807) is 12.4 Å². The van der Waals surface area contributed by atoms with Gasteiger partial charge in [0.2, 0.25) is 0 Å². The van der Waals surface area contributed by atoms with Gasteiger partial charge in [0.25, 0.3) is 0 Å². The Kier molecular flexibility index (Phi) is 5.04. The number of piperidine rings is 1. The van der Waals surface area contributed by atoms with Crippen LogP contribution in [0.2, 0.25) is 0 Å². The fourth-order valence-corrected chi connectivity index (χ4v) is 2.46. The van der Waals surface area contributed by atoms with Crippen LogP contribution in [-0.2, 0) is 0 Å². The van der Waals surface area contributed by atoms with Gasteiger partial charge in [0.15, 0.2) is 0 Å². The minimum Gasteiger partial charge on any atom is -0.388 e. The van der Waals surface area contributed by atoms with Gasteiger partial charge in [-0.3, -0.25) is 0 Å². The van der Waals surface area contributed by atoms with E-state index in [0.29, 0.717) is 11.7 Å². The highest BCUT2D eigenvalue weighted by atomic mass is 32.1. The van der Waals surface area contributed by atoms with E-state index in [4.69, 9.17) is 18.0 Å². The molecular weight excluding hydrogens is 258 g/mol. The van der Waals surface area contributed by atoms with Gasteiger partial charge in [0, 0.05) is 19.1 Å². The number of rotatable bonds is 5. The van der Waals surface area contributed by atoms with Gasteiger partial charge >= 0.3 is 0 Å². The van der Waals surface area contributed by atoms with E-state index in [1.807, 2.05) is 0 Å². The molecule has 1 aliphatic heterocycles. The lowest BCUT2D eigenvalue weighted by atomic mass is 10.1. The monoisotopic (exact) mass is 279 g/mol. The third-order valence-corrected chi connectivity index (χ3v) is 3.59. The molecule has 0 bridgehead atoms. The Morgan fingerprint density at radius 1 is 1.42 bits per heavy atom. The first-order valence-corrected chi connectivity index (χ1v) is 7.20. The highest BCUT2D eigenvalue weighted by Crippen LogP contribution is 2.14. The van der Waals surface area contributed by atoms with E-state index < -0.39 is 0 Å². The fraction of sp³-hybridized carbons (Fsp3) is 0.615. The maximum absolute atomic E-state index is 5.49. The summed E-state index contributed by atoms with van der Waals surface area (Å²) in [4.78, 5) is 11.3. The number of nitrogens with zero attached hydrogens (tertiary/aromatic N) is 3. The third-order valence-electron chi connectivity index (χ3n) is 3.38. The number of nitrogens with two attached hydrogens (primary N) is 1. The highest BCUT2D eigenvalue weighted by molar-refractivity contribution is 7.80. The van der Waals surface area contributed by atoms with Crippen LogP contribution in [0, 0.1) is 0 Å². The molecule has 0 unspecified atom stereocenters. The van der Waals surface area contributed by atoms with Gasteiger partial charge in [-0.1, -0.05) is 19.1 Å². The number of aromatic nitrogens is 2. The minimum atomic E-state index is 0.284. The fourth-order valence-electron chi connectivity index (χ4n) is 2.36. The van der Waals surface area contributed by atoms with E-state index in [2.05, 4.69) is 27.1 Å². The van der Waals surface area contributed by atoms with Gasteiger partial charge < -0.3 is 16.0 Å². The Balaban J connectivity index is 1.83. The topological polar surface area (TPSA) is 67.1 Å². The second kappa shape index (κ2) is 6.77. The lowest BCUT2D eigenvalue weighted by Gasteiger charge is -2.32. The molecule has 19 heavy (non-hydrogen) atoms. The molecule has 1 saturated heterocycles. The van der Waals surface area contributed by atoms with Crippen molar-refractivity contribution in [3.63, 3.8) is 0 Å². The van der Waals surface area contributed by atoms with Gasteiger partial charge in [-0.25, -0.2) is 9.97 Å². The number of thiocarbonyl (C=S) groups is 1. The molecule has 0 aromatic carbocycles. The average molecular weight is 279 g/mol. The van der Waals surface area contributed by atoms with Gasteiger partial charge in [0.05, 0.1) is 12.4 Å². The Morgan fingerprint density at radius 3 is 2.68 bits per heavy atom. The summed E-state index contributed by atoms with van der Waals surface area (Å²) in [5, 5.41) is 3.43. The van der Waals surface area contributed by atoms with Crippen molar-refractivity contribution in [3.8, 4) is 0 Å². The summed E-state index contributed by atoms with van der Waals surface area (Å²) in [6.45, 7) is 5.74. The molecular formula is C13H21N5S. The number of likely N-dealkylation sites (tertiary alicyclic amines) is 1. The summed E-state index contributed by atoms with van der Waals surface area (Å²) in [6.07, 6.45) is 6.85. The first kappa shape index (κ1) is 14.1. The van der Waals surface area contributed by atoms with Crippen LogP contribution in [0.1, 0.15) is 31.9 Å². The van der Waals surface area contributed by atoms with Gasteiger partial charge in [-0.15, -0.1) is 0 Å². The Morgan fingerprint density at radius 2 is 2.16 bits per heavy atom. The second-order valence-electron chi connectivity index (χ2n) is 4.91. The first-order valence-electron chi connectivity index (χ1n) is 6.79. The predicted octanol–water partition coefficient (Wildman–Crippen LogP) is 1.40. The molecule has 0 atom stereocenters. The average Bonchev–Trinajstić information content (AvgIpc) is 2.42. The van der Waals surface area contributed by atoms with Gasteiger partial charge in [0.1, 0.15) is 16.5 Å². The quantitative estimate of drug-likeness (QED) is 0.794. The van der Waals surface area contributed by atoms with Crippen molar-refractivity contribution in [1.82, 2.24) is 14.9 Å². The van der Waals surface area contributed by atoms with Crippen molar-refractivity contribution >= 4 is 23.0 Å². The van der Waals surface area contributed by atoms with Crippen molar-refractivity contribution in [2.45, 2.75) is 32.2 Å². The number of hydrogen-bond acceptors (Lipinski definition) is 5. The Hall–Kier alpha value is -1.27. The molecule has 0 radical (unpaired) electrons. The number of nitrogens with one attached hydrogen (secondary N) is 1. The zero-order valence-corrected chi connectivity index (χ0v) is 12.1. The zero-order valence-electron chi connectivity index (χ0n) is 11.3. The smallest absolute Gasteiger partial charge is 0.144 e. The summed E-state index contributed by atoms with van der Waals surface area (Å²) in [7, 11) is 0. The van der Waals surface area contributed by atoms with Crippen molar-refractivity contribution < 1.29 is 0 Å². The summed E-state index contributed by atoms with van der Waals surface area (Å²) in [6, 6.07) is 0.484. The maximum Gasteiger partial charge on any atom is 0.144 e. The van der Waals surface area contributed by atoms with Crippen LogP contribution >= 0.6 is 12.2 Å². The van der Waals surface area contributed by atoms with Crippen LogP contribution in [0.3, 0.4) is 0 Å². The normalized spacial score (nSPS) is 17.3. The molecule has 2 rings (SSSR count). The van der Waals surface area contributed by atoms with Crippen molar-refractivity contribution in [2.24, 2.45) is 5.73 Å². The zero-order chi connectivity index (χ0) is 13.7. The summed E-state index contributed by atoms with van der Waals surface area (Å²) in [5.74, 6) is 0.800. The van der Waals surface area contributed by atoms with Crippen LogP contribution in [0.4, 0.5) is 5.82 Å². The molecule has 0 aliphatic carbocycles. The van der Waals surface area contributed by atoms with Crippen LogP contribution < -0.4 is 11.1 Å². The lowest BCUT2D eigenvalue weighted by Crippen LogP contribution is -2.39. The van der Waals surface area contributed by atoms with Crippen LogP contribution in [-0.4, -0.2) is 45.5 Å². The maximum atomic E-state index is 5.49. The largest absolute Gasteiger partial charge is 0.388 e. The van der Waals surface area contributed by atoms with E-state index in [-0.39, 0.29) is 4.99 Å². The van der Waals surface area contributed by atoms with Crippen LogP contribution in [0.25, 0.3) is 0 Å². The number of hydrogen-bond donors (Lipinski definition) is 2. The lowest BCUT2D eigenvalue weighted by molar-refractivity contribution is 0.219. The molecule has 1 fully saturated rings. The molecule has 0 saturated carbocycles. The van der Waals surface area contributed by atoms with E-state index >= 15 is 0 Å². The molecule has 0 amide bonds. The standard InChI is InChI=1S/C13H21N5S/c1-2-5-18-6-3-10(4-7-18)17-12-9-15-11(8-16-12)13(14)19/h8-10H,2-7H2,1H3,(H2,14,19)(H,16,17). The molecule has 1 aromatic heterocycles. The van der Waals surface area contributed by atoms with E-state index in [9.17, 15) is 0 Å². The summed E-state index contributed by atoms with van der Waals surface area (Å²) >= 11 is 4.85. The van der Waals surface area contributed by atoms with Crippen LogP contribution in [0.5, 0.6) is 0 Å². The first-order chi connectivity index (χ1) is 9.19. The third kappa shape index (κ3) is 4.11. The Labute approximate surface area is 119 Å². The molecule has 3 N–H and O–H groups in total. The van der Waals surface area contributed by atoms with Crippen molar-refractivity contribution in [1.29, 1.82) is 0 Å². The van der Waals surface area contributed by atoms with E-state index in [0.717, 1.165) is 31.7 Å². The molecule has 2 heterocycles. The van der Waals surface area contributed by atoms with Crippen molar-refractivity contribution in [3.05, 3.63) is 18.1 Å². The highest BCUT2D eigenvalue weighted by Gasteiger charge is 2.18. The van der Waals surface area contributed by atoms with Gasteiger partial charge in [-0.2, -0.15) is 0 Å². The predicted molar refractivity (Wildman–Crippen MR) is 81.3 cm³/mol. The number of anilines is 1. The minimum absolute atomic E-state index is 0.284. The molecule has 1 aliphatic rings. The Bertz CT molecular complexity index is 412.